The minimum Gasteiger partial charge on any atom is -0.479 e. The van der Waals surface area contributed by atoms with Gasteiger partial charge in [0.25, 0.3) is 0 Å². The number of carbonyl (C=O) groups is 1. The Morgan fingerprint density at radius 3 is 2.92 bits per heavy atom. The van der Waals surface area contributed by atoms with E-state index in [1.165, 1.54) is 4.68 Å². The molecule has 1 N–H and O–H groups in total. The van der Waals surface area contributed by atoms with E-state index in [0.717, 1.165) is 5.56 Å². The molecule has 1 aromatic heterocycles. The molecule has 0 aliphatic rings. The van der Waals surface area contributed by atoms with Crippen LogP contribution in [0, 0.1) is 6.92 Å². The van der Waals surface area contributed by atoms with E-state index in [1.54, 1.807) is 13.2 Å². The van der Waals surface area contributed by atoms with Crippen molar-refractivity contribution in [3.05, 3.63) is 11.8 Å². The van der Waals surface area contributed by atoms with Crippen LogP contribution in [0.1, 0.15) is 5.56 Å². The highest BCUT2D eigenvalue weighted by Crippen LogP contribution is 2.14. The molecule has 0 amide bonds. The van der Waals surface area contributed by atoms with Gasteiger partial charge in [-0.25, -0.2) is 9.48 Å². The van der Waals surface area contributed by atoms with Crippen molar-refractivity contribution < 1.29 is 14.6 Å². The molecule has 1 heterocycles. The number of carboxylic acid groups (broad SMARTS) is 1. The summed E-state index contributed by atoms with van der Waals surface area (Å²) in [5.41, 5.74) is 0.832. The normalized spacial score (nSPS) is 9.83. The molecule has 0 aliphatic carbocycles. The Kier molecular flexibility index (Phi) is 2.32. The van der Waals surface area contributed by atoms with Gasteiger partial charge in [0.05, 0.1) is 6.20 Å². The predicted octanol–water partition coefficient (Wildman–Crippen LogP) is 0.192. The monoisotopic (exact) mass is 170 g/mol. The number of rotatable bonds is 3. The largest absolute Gasteiger partial charge is 0.479 e. The van der Waals surface area contributed by atoms with Gasteiger partial charge >= 0.3 is 5.97 Å². The van der Waals surface area contributed by atoms with E-state index in [4.69, 9.17) is 9.84 Å². The maximum atomic E-state index is 10.2. The van der Waals surface area contributed by atoms with E-state index in [1.807, 2.05) is 6.92 Å². The van der Waals surface area contributed by atoms with Crippen molar-refractivity contribution in [2.24, 2.45) is 7.05 Å². The summed E-state index contributed by atoms with van der Waals surface area (Å²) in [6, 6.07) is 0. The molecule has 1 aromatic rings. The first-order valence-corrected chi connectivity index (χ1v) is 3.44. The second kappa shape index (κ2) is 3.25. The second-order valence-corrected chi connectivity index (χ2v) is 2.44. The zero-order valence-electron chi connectivity index (χ0n) is 6.94. The molecule has 0 saturated carbocycles. The van der Waals surface area contributed by atoms with Gasteiger partial charge in [-0.15, -0.1) is 0 Å². The number of nitrogens with zero attached hydrogens (tertiary/aromatic N) is 2. The molecule has 0 unspecified atom stereocenters. The van der Waals surface area contributed by atoms with Gasteiger partial charge < -0.3 is 9.84 Å². The third kappa shape index (κ3) is 1.75. The zero-order chi connectivity index (χ0) is 9.14. The van der Waals surface area contributed by atoms with Crippen molar-refractivity contribution in [2.75, 3.05) is 6.61 Å². The number of aryl methyl sites for hydroxylation is 2. The summed E-state index contributed by atoms with van der Waals surface area (Å²) in [6.45, 7) is 1.48. The average molecular weight is 170 g/mol. The van der Waals surface area contributed by atoms with Crippen LogP contribution in [0.15, 0.2) is 6.20 Å². The molecule has 5 nitrogen and oxygen atoms in total. The Balaban J connectivity index is 2.68. The number of aliphatic carboxylic acids is 1. The van der Waals surface area contributed by atoms with Crippen molar-refractivity contribution in [2.45, 2.75) is 6.92 Å². The van der Waals surface area contributed by atoms with Crippen LogP contribution >= 0.6 is 0 Å². The second-order valence-electron chi connectivity index (χ2n) is 2.44. The van der Waals surface area contributed by atoms with Crippen molar-refractivity contribution in [3.8, 4) is 5.88 Å². The fourth-order valence-corrected chi connectivity index (χ4v) is 0.873. The summed E-state index contributed by atoms with van der Waals surface area (Å²) in [7, 11) is 1.70. The van der Waals surface area contributed by atoms with E-state index in [2.05, 4.69) is 5.10 Å². The standard InChI is InChI=1S/C7H10N2O3/c1-5-3-8-9(2)7(5)12-4-6(10)11/h3H,4H2,1-2H3,(H,10,11). The third-order valence-corrected chi connectivity index (χ3v) is 1.39. The molecule has 0 spiro atoms. The number of ether oxygens (including phenoxy) is 1. The molecular formula is C7H10N2O3. The van der Waals surface area contributed by atoms with Gasteiger partial charge in [0.15, 0.2) is 6.61 Å². The maximum Gasteiger partial charge on any atom is 0.341 e. The lowest BCUT2D eigenvalue weighted by atomic mass is 10.4. The first kappa shape index (κ1) is 8.58. The van der Waals surface area contributed by atoms with E-state index in [0.29, 0.717) is 5.88 Å². The summed E-state index contributed by atoms with van der Waals surface area (Å²) in [5.74, 6) is -0.493. The Labute approximate surface area is 69.6 Å². The molecule has 12 heavy (non-hydrogen) atoms. The SMILES string of the molecule is Cc1cnn(C)c1OCC(=O)O. The van der Waals surface area contributed by atoms with Crippen molar-refractivity contribution in [3.63, 3.8) is 0 Å². The lowest BCUT2D eigenvalue weighted by Gasteiger charge is -2.03. The Morgan fingerprint density at radius 1 is 1.83 bits per heavy atom. The molecule has 0 radical (unpaired) electrons. The van der Waals surface area contributed by atoms with E-state index < -0.39 is 5.97 Å². The van der Waals surface area contributed by atoms with Crippen LogP contribution in [0.4, 0.5) is 0 Å². The van der Waals surface area contributed by atoms with E-state index in [9.17, 15) is 4.79 Å². The first-order chi connectivity index (χ1) is 5.61. The highest BCUT2D eigenvalue weighted by molar-refractivity contribution is 5.68. The summed E-state index contributed by atoms with van der Waals surface area (Å²) in [6.07, 6.45) is 1.62. The van der Waals surface area contributed by atoms with Gasteiger partial charge in [-0.1, -0.05) is 0 Å². The van der Waals surface area contributed by atoms with Crippen LogP contribution in [0.2, 0.25) is 0 Å². The van der Waals surface area contributed by atoms with Gasteiger partial charge in [-0.05, 0) is 6.92 Å². The summed E-state index contributed by atoms with van der Waals surface area (Å²) in [5, 5.41) is 12.2. The van der Waals surface area contributed by atoms with Gasteiger partial charge in [0.1, 0.15) is 0 Å². The first-order valence-electron chi connectivity index (χ1n) is 3.44. The van der Waals surface area contributed by atoms with E-state index >= 15 is 0 Å². The molecular weight excluding hydrogens is 160 g/mol. The highest BCUT2D eigenvalue weighted by Gasteiger charge is 2.06. The fourth-order valence-electron chi connectivity index (χ4n) is 0.873. The van der Waals surface area contributed by atoms with Gasteiger partial charge in [0, 0.05) is 12.6 Å². The third-order valence-electron chi connectivity index (χ3n) is 1.39. The molecule has 5 heteroatoms. The minimum absolute atomic E-state index is 0.333. The molecule has 1 rings (SSSR count). The lowest BCUT2D eigenvalue weighted by Crippen LogP contribution is -2.12. The molecule has 0 fully saturated rings. The summed E-state index contributed by atoms with van der Waals surface area (Å²) >= 11 is 0. The molecule has 0 bridgehead atoms. The number of aromatic nitrogens is 2. The highest BCUT2D eigenvalue weighted by atomic mass is 16.5. The Morgan fingerprint density at radius 2 is 2.50 bits per heavy atom. The smallest absolute Gasteiger partial charge is 0.341 e. The van der Waals surface area contributed by atoms with Gasteiger partial charge in [-0.2, -0.15) is 5.10 Å². The van der Waals surface area contributed by atoms with Crippen molar-refractivity contribution >= 4 is 5.97 Å². The number of carboxylic acids is 1. The van der Waals surface area contributed by atoms with Crippen LogP contribution in [-0.2, 0) is 11.8 Å². The predicted molar refractivity (Wildman–Crippen MR) is 41.1 cm³/mol. The van der Waals surface area contributed by atoms with E-state index in [-0.39, 0.29) is 6.61 Å². The van der Waals surface area contributed by atoms with Crippen LogP contribution in [-0.4, -0.2) is 27.5 Å². The van der Waals surface area contributed by atoms with Crippen LogP contribution < -0.4 is 4.74 Å². The molecule has 0 atom stereocenters. The van der Waals surface area contributed by atoms with Crippen LogP contribution in [0.5, 0.6) is 5.88 Å². The lowest BCUT2D eigenvalue weighted by molar-refractivity contribution is -0.139. The number of hydrogen-bond acceptors (Lipinski definition) is 3. The molecule has 66 valence electrons. The molecule has 0 aromatic carbocycles. The topological polar surface area (TPSA) is 64.4 Å². The average Bonchev–Trinajstić information content (AvgIpc) is 2.28. The molecule has 0 aliphatic heterocycles. The molecule has 0 saturated heterocycles. The van der Waals surface area contributed by atoms with Crippen LogP contribution in [0.3, 0.4) is 0 Å². The summed E-state index contributed by atoms with van der Waals surface area (Å²) in [4.78, 5) is 10.2. The minimum atomic E-state index is -0.990. The zero-order valence-corrected chi connectivity index (χ0v) is 6.94. The maximum absolute atomic E-state index is 10.2. The van der Waals surface area contributed by atoms with Crippen LogP contribution in [0.25, 0.3) is 0 Å². The van der Waals surface area contributed by atoms with Crippen molar-refractivity contribution in [1.29, 1.82) is 0 Å². The van der Waals surface area contributed by atoms with Crippen molar-refractivity contribution in [1.82, 2.24) is 9.78 Å². The summed E-state index contributed by atoms with van der Waals surface area (Å²) < 4.78 is 6.47. The van der Waals surface area contributed by atoms with Gasteiger partial charge in [-0.3, -0.25) is 0 Å². The van der Waals surface area contributed by atoms with Gasteiger partial charge in [0.2, 0.25) is 5.88 Å². The fraction of sp³-hybridized carbons (Fsp3) is 0.429. The number of hydrogen-bond donors (Lipinski definition) is 1. The Bertz CT molecular complexity index is 273. The Hall–Kier alpha value is -1.52. The quantitative estimate of drug-likeness (QED) is 0.703.